The van der Waals surface area contributed by atoms with Gasteiger partial charge in [-0.2, -0.15) is 0 Å². The summed E-state index contributed by atoms with van der Waals surface area (Å²) in [5, 5.41) is 2.14. The van der Waals surface area contributed by atoms with Gasteiger partial charge in [0.1, 0.15) is 0 Å². The predicted molar refractivity (Wildman–Crippen MR) is 119 cm³/mol. The van der Waals surface area contributed by atoms with Crippen LogP contribution in [0.2, 0.25) is 0 Å². The third-order valence-electron chi connectivity index (χ3n) is 6.59. The lowest BCUT2D eigenvalue weighted by Gasteiger charge is -2.31. The molecule has 0 saturated carbocycles. The summed E-state index contributed by atoms with van der Waals surface area (Å²) in [4.78, 5) is 18.0. The molecule has 3 aliphatic rings. The van der Waals surface area contributed by atoms with E-state index in [1.165, 1.54) is 4.88 Å². The van der Waals surface area contributed by atoms with Crippen molar-refractivity contribution in [1.82, 2.24) is 9.62 Å². The van der Waals surface area contributed by atoms with E-state index in [9.17, 15) is 13.2 Å². The molecule has 0 radical (unpaired) electrons. The van der Waals surface area contributed by atoms with E-state index in [2.05, 4.69) is 27.1 Å². The van der Waals surface area contributed by atoms with Crippen molar-refractivity contribution in [2.24, 2.45) is 0 Å². The van der Waals surface area contributed by atoms with Gasteiger partial charge >= 0.3 is 0 Å². The number of rotatable bonds is 6. The standard InChI is InChI=1S/C22H27N3O3S2/c26-21-4-3-17-14-19(15-18-7-11-25(21)22(17)18)30(27,28)23-8-12-24-9-5-16(6-10-24)20-2-1-13-29-20/h1-2,13-16,23H,3-12H2. The first-order valence-electron chi connectivity index (χ1n) is 10.7. The Hall–Kier alpha value is -1.74. The van der Waals surface area contributed by atoms with Crippen LogP contribution in [0.5, 0.6) is 0 Å². The van der Waals surface area contributed by atoms with Crippen LogP contribution in [-0.2, 0) is 27.7 Å². The summed E-state index contributed by atoms with van der Waals surface area (Å²) < 4.78 is 28.6. The zero-order chi connectivity index (χ0) is 20.7. The Balaban J connectivity index is 1.19. The van der Waals surface area contributed by atoms with Gasteiger partial charge in [-0.1, -0.05) is 6.07 Å². The molecule has 160 valence electrons. The molecule has 0 unspecified atom stereocenters. The Labute approximate surface area is 181 Å². The van der Waals surface area contributed by atoms with Crippen molar-refractivity contribution in [2.75, 3.05) is 37.6 Å². The molecular weight excluding hydrogens is 418 g/mol. The fourth-order valence-corrected chi connectivity index (χ4v) is 6.99. The van der Waals surface area contributed by atoms with Crippen molar-refractivity contribution in [1.29, 1.82) is 0 Å². The molecule has 3 aliphatic heterocycles. The highest BCUT2D eigenvalue weighted by atomic mass is 32.2. The van der Waals surface area contributed by atoms with Crippen molar-refractivity contribution in [2.45, 2.75) is 42.9 Å². The number of carbonyl (C=O) groups is 1. The Morgan fingerprint density at radius 2 is 1.83 bits per heavy atom. The molecule has 0 spiro atoms. The zero-order valence-electron chi connectivity index (χ0n) is 17.0. The first kappa shape index (κ1) is 20.2. The molecule has 0 aliphatic carbocycles. The minimum Gasteiger partial charge on any atom is -0.312 e. The molecule has 0 atom stereocenters. The second-order valence-electron chi connectivity index (χ2n) is 8.41. The van der Waals surface area contributed by atoms with E-state index in [0.717, 1.165) is 55.7 Å². The van der Waals surface area contributed by atoms with Gasteiger partial charge in [0, 0.05) is 30.9 Å². The van der Waals surface area contributed by atoms with Crippen LogP contribution in [0.1, 0.15) is 41.2 Å². The van der Waals surface area contributed by atoms with E-state index in [0.29, 0.717) is 36.7 Å². The second-order valence-corrected chi connectivity index (χ2v) is 11.2. The molecule has 1 amide bonds. The lowest BCUT2D eigenvalue weighted by Crippen LogP contribution is -2.39. The lowest BCUT2D eigenvalue weighted by atomic mass is 9.95. The van der Waals surface area contributed by atoms with E-state index < -0.39 is 10.0 Å². The number of nitrogens with one attached hydrogen (secondary N) is 1. The highest BCUT2D eigenvalue weighted by Crippen LogP contribution is 2.38. The van der Waals surface area contributed by atoms with Crippen molar-refractivity contribution in [3.05, 3.63) is 45.6 Å². The summed E-state index contributed by atoms with van der Waals surface area (Å²) in [5.74, 6) is 0.797. The predicted octanol–water partition coefficient (Wildman–Crippen LogP) is 2.74. The van der Waals surface area contributed by atoms with Crippen molar-refractivity contribution in [3.63, 3.8) is 0 Å². The van der Waals surface area contributed by atoms with Crippen LogP contribution in [0.3, 0.4) is 0 Å². The van der Waals surface area contributed by atoms with Crippen LogP contribution < -0.4 is 9.62 Å². The highest BCUT2D eigenvalue weighted by molar-refractivity contribution is 7.89. The van der Waals surface area contributed by atoms with E-state index in [-0.39, 0.29) is 5.91 Å². The molecule has 1 aromatic heterocycles. The third kappa shape index (κ3) is 3.82. The maximum absolute atomic E-state index is 12.9. The number of hydrogen-bond acceptors (Lipinski definition) is 5. The summed E-state index contributed by atoms with van der Waals surface area (Å²) in [6.07, 6.45) is 4.09. The minimum atomic E-state index is -3.55. The molecule has 6 nitrogen and oxygen atoms in total. The molecule has 4 heterocycles. The summed E-state index contributed by atoms with van der Waals surface area (Å²) in [5.41, 5.74) is 2.93. The number of hydrogen-bond donors (Lipinski definition) is 1. The van der Waals surface area contributed by atoms with Crippen LogP contribution in [-0.4, -0.2) is 51.9 Å². The Bertz CT molecular complexity index is 1040. The van der Waals surface area contributed by atoms with Gasteiger partial charge in [0.2, 0.25) is 15.9 Å². The second kappa shape index (κ2) is 8.07. The van der Waals surface area contributed by atoms with Gasteiger partial charge in [-0.05, 0) is 79.4 Å². The number of likely N-dealkylation sites (tertiary alicyclic amines) is 1. The van der Waals surface area contributed by atoms with Gasteiger partial charge in [-0.15, -0.1) is 11.3 Å². The number of sulfonamides is 1. The smallest absolute Gasteiger partial charge is 0.240 e. The average Bonchev–Trinajstić information content (AvgIpc) is 3.42. The van der Waals surface area contributed by atoms with Crippen LogP contribution in [0, 0.1) is 0 Å². The number of piperidine rings is 1. The maximum atomic E-state index is 12.9. The first-order valence-corrected chi connectivity index (χ1v) is 13.1. The van der Waals surface area contributed by atoms with E-state index in [1.54, 1.807) is 12.1 Å². The molecular formula is C22H27N3O3S2. The fraction of sp³-hybridized carbons (Fsp3) is 0.500. The normalized spacial score (nSPS) is 20.0. The average molecular weight is 446 g/mol. The number of anilines is 1. The molecule has 1 N–H and O–H groups in total. The zero-order valence-corrected chi connectivity index (χ0v) is 18.6. The van der Waals surface area contributed by atoms with Crippen LogP contribution in [0.25, 0.3) is 0 Å². The molecule has 0 bridgehead atoms. The minimum absolute atomic E-state index is 0.151. The summed E-state index contributed by atoms with van der Waals surface area (Å²) in [6, 6.07) is 7.85. The van der Waals surface area contributed by atoms with Crippen LogP contribution in [0.15, 0.2) is 34.5 Å². The van der Waals surface area contributed by atoms with Gasteiger partial charge in [0.05, 0.1) is 10.6 Å². The van der Waals surface area contributed by atoms with Gasteiger partial charge in [0.25, 0.3) is 0 Å². The first-order chi connectivity index (χ1) is 14.5. The largest absolute Gasteiger partial charge is 0.312 e. The quantitative estimate of drug-likeness (QED) is 0.742. The van der Waals surface area contributed by atoms with Gasteiger partial charge in [-0.3, -0.25) is 4.79 Å². The Kier molecular flexibility index (Phi) is 5.43. The number of benzene rings is 1. The molecule has 8 heteroatoms. The summed E-state index contributed by atoms with van der Waals surface area (Å²) in [7, 11) is -3.55. The highest BCUT2D eigenvalue weighted by Gasteiger charge is 2.33. The molecule has 1 aromatic carbocycles. The molecule has 2 aromatic rings. The van der Waals surface area contributed by atoms with Gasteiger partial charge < -0.3 is 9.80 Å². The number of nitrogens with zero attached hydrogens (tertiary/aromatic N) is 2. The fourth-order valence-electron chi connectivity index (χ4n) is 4.97. The number of carbonyl (C=O) groups excluding carboxylic acids is 1. The summed E-state index contributed by atoms with van der Waals surface area (Å²) >= 11 is 1.83. The number of thiophene rings is 1. The number of amides is 1. The topological polar surface area (TPSA) is 69.7 Å². The molecule has 1 saturated heterocycles. The van der Waals surface area contributed by atoms with Crippen LogP contribution in [0.4, 0.5) is 5.69 Å². The third-order valence-corrected chi connectivity index (χ3v) is 9.06. The molecule has 5 rings (SSSR count). The monoisotopic (exact) mass is 445 g/mol. The van der Waals surface area contributed by atoms with Crippen molar-refractivity contribution in [3.8, 4) is 0 Å². The van der Waals surface area contributed by atoms with Crippen molar-refractivity contribution < 1.29 is 13.2 Å². The van der Waals surface area contributed by atoms with E-state index in [1.807, 2.05) is 16.2 Å². The van der Waals surface area contributed by atoms with Crippen molar-refractivity contribution >= 4 is 33.0 Å². The molecule has 1 fully saturated rings. The van der Waals surface area contributed by atoms with E-state index in [4.69, 9.17) is 0 Å². The lowest BCUT2D eigenvalue weighted by molar-refractivity contribution is -0.118. The van der Waals surface area contributed by atoms with Gasteiger partial charge in [0.15, 0.2) is 0 Å². The maximum Gasteiger partial charge on any atom is 0.240 e. The number of aryl methyl sites for hydroxylation is 1. The van der Waals surface area contributed by atoms with E-state index >= 15 is 0 Å². The summed E-state index contributed by atoms with van der Waals surface area (Å²) in [6.45, 7) is 3.84. The van der Waals surface area contributed by atoms with Gasteiger partial charge in [-0.25, -0.2) is 13.1 Å². The Morgan fingerprint density at radius 3 is 2.57 bits per heavy atom. The SMILES string of the molecule is O=C1CCc2cc(S(=O)(=O)NCCN3CCC(c4cccs4)CC3)cc3c2N1CC3. The van der Waals surface area contributed by atoms with Crippen LogP contribution >= 0.6 is 11.3 Å². The molecule has 30 heavy (non-hydrogen) atoms. The Morgan fingerprint density at radius 1 is 1.07 bits per heavy atom.